The number of hydrogen-bond acceptors (Lipinski definition) is 1. The molecule has 0 aliphatic heterocycles. The zero-order valence-corrected chi connectivity index (χ0v) is 11.7. The Morgan fingerprint density at radius 2 is 2.00 bits per heavy atom. The lowest BCUT2D eigenvalue weighted by Crippen LogP contribution is -2.02. The molecule has 2 aromatic carbocycles. The molecule has 0 heterocycles. The standard InChI is InChI=1S/C14H11BrClFO/c15-11-3-1-2-10(8-11)14(18)7-9-4-5-12(16)13(17)6-9/h1-6,8,14,18H,7H2. The summed E-state index contributed by atoms with van der Waals surface area (Å²) >= 11 is 8.96. The third-order valence-corrected chi connectivity index (χ3v) is 3.45. The van der Waals surface area contributed by atoms with Crippen molar-refractivity contribution in [1.29, 1.82) is 0 Å². The van der Waals surface area contributed by atoms with Crippen molar-refractivity contribution in [3.8, 4) is 0 Å². The number of hydrogen-bond donors (Lipinski definition) is 1. The molecule has 0 fully saturated rings. The van der Waals surface area contributed by atoms with Crippen molar-refractivity contribution in [3.63, 3.8) is 0 Å². The Hall–Kier alpha value is -0.900. The van der Waals surface area contributed by atoms with Crippen molar-refractivity contribution >= 4 is 27.5 Å². The van der Waals surface area contributed by atoms with Crippen LogP contribution >= 0.6 is 27.5 Å². The SMILES string of the molecule is OC(Cc1ccc(Cl)c(F)c1)c1cccc(Br)c1. The van der Waals surface area contributed by atoms with Crippen molar-refractivity contribution in [2.45, 2.75) is 12.5 Å². The fourth-order valence-corrected chi connectivity index (χ4v) is 2.26. The second kappa shape index (κ2) is 5.83. The van der Waals surface area contributed by atoms with Crippen molar-refractivity contribution in [3.05, 3.63) is 68.9 Å². The highest BCUT2D eigenvalue weighted by atomic mass is 79.9. The minimum atomic E-state index is -0.664. The average Bonchev–Trinajstić information content (AvgIpc) is 2.34. The van der Waals surface area contributed by atoms with Gasteiger partial charge in [-0.05, 0) is 35.4 Å². The molecular formula is C14H11BrClFO. The average molecular weight is 330 g/mol. The van der Waals surface area contributed by atoms with Crippen molar-refractivity contribution in [2.24, 2.45) is 0 Å². The molecule has 2 rings (SSSR count). The van der Waals surface area contributed by atoms with Gasteiger partial charge in [0, 0.05) is 10.9 Å². The van der Waals surface area contributed by atoms with E-state index in [-0.39, 0.29) is 5.02 Å². The maximum Gasteiger partial charge on any atom is 0.142 e. The van der Waals surface area contributed by atoms with Gasteiger partial charge in [-0.25, -0.2) is 4.39 Å². The van der Waals surface area contributed by atoms with Crippen molar-refractivity contribution in [2.75, 3.05) is 0 Å². The number of halogens is 3. The second-order valence-corrected chi connectivity index (χ2v) is 5.35. The summed E-state index contributed by atoms with van der Waals surface area (Å²) in [6.07, 6.45) is -0.312. The molecule has 4 heteroatoms. The van der Waals surface area contributed by atoms with Crippen LogP contribution in [0.1, 0.15) is 17.2 Å². The minimum Gasteiger partial charge on any atom is -0.388 e. The lowest BCUT2D eigenvalue weighted by Gasteiger charge is -2.11. The normalized spacial score (nSPS) is 12.4. The Labute approximate surface area is 118 Å². The number of aliphatic hydroxyl groups excluding tert-OH is 1. The molecule has 0 radical (unpaired) electrons. The molecule has 0 saturated heterocycles. The smallest absolute Gasteiger partial charge is 0.142 e. The fourth-order valence-electron chi connectivity index (χ4n) is 1.72. The summed E-state index contributed by atoms with van der Waals surface area (Å²) < 4.78 is 14.2. The van der Waals surface area contributed by atoms with Gasteiger partial charge in [0.25, 0.3) is 0 Å². The van der Waals surface area contributed by atoms with Crippen LogP contribution in [-0.2, 0) is 6.42 Å². The van der Waals surface area contributed by atoms with Gasteiger partial charge >= 0.3 is 0 Å². The minimum absolute atomic E-state index is 0.0932. The van der Waals surface area contributed by atoms with Gasteiger partial charge in [-0.3, -0.25) is 0 Å². The molecule has 18 heavy (non-hydrogen) atoms. The number of rotatable bonds is 3. The Morgan fingerprint density at radius 1 is 1.22 bits per heavy atom. The quantitative estimate of drug-likeness (QED) is 0.878. The molecule has 2 aromatic rings. The van der Waals surface area contributed by atoms with Crippen LogP contribution in [0.5, 0.6) is 0 Å². The number of aliphatic hydroxyl groups is 1. The molecule has 0 saturated carbocycles. The van der Waals surface area contributed by atoms with Crippen LogP contribution in [0.15, 0.2) is 46.9 Å². The van der Waals surface area contributed by atoms with Crippen LogP contribution < -0.4 is 0 Å². The van der Waals surface area contributed by atoms with Gasteiger partial charge in [0.1, 0.15) is 5.82 Å². The van der Waals surface area contributed by atoms with Gasteiger partial charge in [0.2, 0.25) is 0 Å². The van der Waals surface area contributed by atoms with Gasteiger partial charge in [0.15, 0.2) is 0 Å². The molecule has 94 valence electrons. The van der Waals surface area contributed by atoms with Crippen LogP contribution in [-0.4, -0.2) is 5.11 Å². The summed E-state index contributed by atoms with van der Waals surface area (Å²) in [4.78, 5) is 0. The summed E-state index contributed by atoms with van der Waals surface area (Å²) in [6, 6.07) is 12.0. The maximum atomic E-state index is 13.3. The number of benzene rings is 2. The maximum absolute atomic E-state index is 13.3. The van der Waals surface area contributed by atoms with Crippen LogP contribution in [0.25, 0.3) is 0 Å². The molecule has 1 N–H and O–H groups in total. The predicted octanol–water partition coefficient (Wildman–Crippen LogP) is 4.52. The van der Waals surface area contributed by atoms with Crippen LogP contribution in [0.2, 0.25) is 5.02 Å². The molecule has 0 bridgehead atoms. The van der Waals surface area contributed by atoms with E-state index in [1.54, 1.807) is 6.07 Å². The predicted molar refractivity (Wildman–Crippen MR) is 74.2 cm³/mol. The second-order valence-electron chi connectivity index (χ2n) is 4.02. The first-order chi connectivity index (χ1) is 8.56. The van der Waals surface area contributed by atoms with Gasteiger partial charge in [-0.1, -0.05) is 45.7 Å². The van der Waals surface area contributed by atoms with Crippen LogP contribution in [0, 0.1) is 5.82 Å². The lowest BCUT2D eigenvalue weighted by molar-refractivity contribution is 0.178. The summed E-state index contributed by atoms with van der Waals surface area (Å²) in [7, 11) is 0. The fraction of sp³-hybridized carbons (Fsp3) is 0.143. The third kappa shape index (κ3) is 3.31. The van der Waals surface area contributed by atoms with Gasteiger partial charge < -0.3 is 5.11 Å². The highest BCUT2D eigenvalue weighted by molar-refractivity contribution is 9.10. The van der Waals surface area contributed by atoms with E-state index in [0.29, 0.717) is 12.0 Å². The third-order valence-electron chi connectivity index (χ3n) is 2.65. The Bertz CT molecular complexity index is 559. The van der Waals surface area contributed by atoms with Gasteiger partial charge in [-0.2, -0.15) is 0 Å². The van der Waals surface area contributed by atoms with E-state index in [1.807, 2.05) is 24.3 Å². The van der Waals surface area contributed by atoms with E-state index >= 15 is 0 Å². The van der Waals surface area contributed by atoms with Crippen molar-refractivity contribution in [1.82, 2.24) is 0 Å². The zero-order chi connectivity index (χ0) is 13.1. The topological polar surface area (TPSA) is 20.2 Å². The largest absolute Gasteiger partial charge is 0.388 e. The van der Waals surface area contributed by atoms with Crippen LogP contribution in [0.4, 0.5) is 4.39 Å². The summed E-state index contributed by atoms with van der Waals surface area (Å²) in [5.74, 6) is -0.462. The van der Waals surface area contributed by atoms with Gasteiger partial charge in [-0.15, -0.1) is 0 Å². The first-order valence-corrected chi connectivity index (χ1v) is 6.61. The Morgan fingerprint density at radius 3 is 2.67 bits per heavy atom. The molecule has 1 unspecified atom stereocenters. The van der Waals surface area contributed by atoms with Crippen molar-refractivity contribution < 1.29 is 9.50 Å². The molecule has 0 aliphatic rings. The molecule has 0 amide bonds. The van der Waals surface area contributed by atoms with E-state index in [0.717, 1.165) is 10.0 Å². The molecule has 1 atom stereocenters. The molecular weight excluding hydrogens is 319 g/mol. The molecule has 1 nitrogen and oxygen atoms in total. The highest BCUT2D eigenvalue weighted by Crippen LogP contribution is 2.23. The summed E-state index contributed by atoms with van der Waals surface area (Å²) in [5.41, 5.74) is 1.50. The lowest BCUT2D eigenvalue weighted by atomic mass is 10.0. The first kappa shape index (κ1) is 13.5. The zero-order valence-electron chi connectivity index (χ0n) is 9.41. The highest BCUT2D eigenvalue weighted by Gasteiger charge is 2.10. The molecule has 0 spiro atoms. The molecule has 0 aromatic heterocycles. The van der Waals surface area contributed by atoms with Crippen LogP contribution in [0.3, 0.4) is 0 Å². The Kier molecular flexibility index (Phi) is 4.38. The van der Waals surface area contributed by atoms with E-state index < -0.39 is 11.9 Å². The monoisotopic (exact) mass is 328 g/mol. The first-order valence-electron chi connectivity index (χ1n) is 5.44. The van der Waals surface area contributed by atoms with E-state index in [4.69, 9.17) is 11.6 Å². The summed E-state index contributed by atoms with van der Waals surface area (Å²) in [5, 5.41) is 10.2. The van der Waals surface area contributed by atoms with E-state index in [9.17, 15) is 9.50 Å². The van der Waals surface area contributed by atoms with Gasteiger partial charge in [0.05, 0.1) is 11.1 Å². The summed E-state index contributed by atoms with van der Waals surface area (Å²) in [6.45, 7) is 0. The molecule has 0 aliphatic carbocycles. The Balaban J connectivity index is 2.16. The van der Waals surface area contributed by atoms with E-state index in [2.05, 4.69) is 15.9 Å². The van der Waals surface area contributed by atoms with E-state index in [1.165, 1.54) is 12.1 Å².